The van der Waals surface area contributed by atoms with Crippen molar-refractivity contribution in [3.05, 3.63) is 42.2 Å². The van der Waals surface area contributed by atoms with Gasteiger partial charge in [0, 0.05) is 18.1 Å². The molecule has 0 bridgehead atoms. The molecule has 0 atom stereocenters. The van der Waals surface area contributed by atoms with Crippen LogP contribution in [0.3, 0.4) is 0 Å². The molecule has 0 saturated carbocycles. The highest BCUT2D eigenvalue weighted by Crippen LogP contribution is 2.24. The number of benzene rings is 1. The lowest BCUT2D eigenvalue weighted by molar-refractivity contribution is 0.102. The molecule has 1 heterocycles. The van der Waals surface area contributed by atoms with Gasteiger partial charge in [-0.15, -0.1) is 11.8 Å². The summed E-state index contributed by atoms with van der Waals surface area (Å²) in [5.74, 6) is -0.139. The predicted molar refractivity (Wildman–Crippen MR) is 69.4 cm³/mol. The molecular weight excluding hydrogens is 234 g/mol. The van der Waals surface area contributed by atoms with Crippen LogP contribution in [-0.2, 0) is 7.05 Å². The summed E-state index contributed by atoms with van der Waals surface area (Å²) in [4.78, 5) is 13.0. The minimum atomic E-state index is -0.139. The van der Waals surface area contributed by atoms with Crippen LogP contribution in [0.4, 0.5) is 5.69 Å². The van der Waals surface area contributed by atoms with Gasteiger partial charge < -0.3 is 5.32 Å². The molecule has 2 aromatic rings. The van der Waals surface area contributed by atoms with E-state index in [-0.39, 0.29) is 5.91 Å². The van der Waals surface area contributed by atoms with Gasteiger partial charge in [0.2, 0.25) is 0 Å². The molecule has 1 aromatic heterocycles. The lowest BCUT2D eigenvalue weighted by atomic mass is 10.3. The first kappa shape index (κ1) is 11.7. The number of para-hydroxylation sites is 1. The van der Waals surface area contributed by atoms with Crippen LogP contribution >= 0.6 is 11.8 Å². The minimum Gasteiger partial charge on any atom is -0.321 e. The summed E-state index contributed by atoms with van der Waals surface area (Å²) < 4.78 is 1.61. The van der Waals surface area contributed by atoms with E-state index in [9.17, 15) is 4.79 Å². The molecule has 17 heavy (non-hydrogen) atoms. The van der Waals surface area contributed by atoms with Crippen molar-refractivity contribution in [3.8, 4) is 0 Å². The van der Waals surface area contributed by atoms with Gasteiger partial charge >= 0.3 is 0 Å². The number of hydrogen-bond donors (Lipinski definition) is 1. The molecule has 0 aliphatic rings. The van der Waals surface area contributed by atoms with E-state index in [1.54, 1.807) is 35.9 Å². The summed E-state index contributed by atoms with van der Waals surface area (Å²) in [6, 6.07) is 7.72. The molecule has 4 nitrogen and oxygen atoms in total. The second-order valence-electron chi connectivity index (χ2n) is 3.56. The van der Waals surface area contributed by atoms with Crippen molar-refractivity contribution in [3.63, 3.8) is 0 Å². The molecule has 0 fully saturated rings. The fraction of sp³-hybridized carbons (Fsp3) is 0.167. The Balaban J connectivity index is 2.18. The lowest BCUT2D eigenvalue weighted by Crippen LogP contribution is -2.11. The fourth-order valence-electron chi connectivity index (χ4n) is 1.48. The number of aromatic nitrogens is 2. The number of amides is 1. The molecule has 2 rings (SSSR count). The second kappa shape index (κ2) is 5.05. The Hall–Kier alpha value is -1.75. The highest BCUT2D eigenvalue weighted by atomic mass is 32.2. The molecule has 0 aliphatic carbocycles. The maximum Gasteiger partial charge on any atom is 0.258 e. The first-order valence-corrected chi connectivity index (χ1v) is 6.36. The Morgan fingerprint density at radius 2 is 2.18 bits per heavy atom. The number of carbonyl (C=O) groups excluding carboxylic acids is 1. The van der Waals surface area contributed by atoms with E-state index in [0.717, 1.165) is 10.6 Å². The van der Waals surface area contributed by atoms with E-state index in [0.29, 0.717) is 5.56 Å². The third-order valence-electron chi connectivity index (χ3n) is 2.32. The van der Waals surface area contributed by atoms with Crippen molar-refractivity contribution < 1.29 is 4.79 Å². The number of rotatable bonds is 3. The van der Waals surface area contributed by atoms with Crippen molar-refractivity contribution in [1.82, 2.24) is 9.78 Å². The number of nitrogens with zero attached hydrogens (tertiary/aromatic N) is 2. The monoisotopic (exact) mass is 247 g/mol. The Morgan fingerprint density at radius 1 is 1.41 bits per heavy atom. The highest BCUT2D eigenvalue weighted by molar-refractivity contribution is 7.98. The van der Waals surface area contributed by atoms with Crippen molar-refractivity contribution >= 4 is 23.4 Å². The zero-order valence-electron chi connectivity index (χ0n) is 9.68. The fourth-order valence-corrected chi connectivity index (χ4v) is 2.03. The number of anilines is 1. The van der Waals surface area contributed by atoms with Gasteiger partial charge in [0.1, 0.15) is 0 Å². The average Bonchev–Trinajstić information content (AvgIpc) is 2.77. The molecule has 0 radical (unpaired) electrons. The van der Waals surface area contributed by atoms with Gasteiger partial charge in [-0.3, -0.25) is 9.48 Å². The van der Waals surface area contributed by atoms with Crippen LogP contribution in [-0.4, -0.2) is 21.9 Å². The van der Waals surface area contributed by atoms with E-state index in [1.165, 1.54) is 0 Å². The molecule has 0 spiro atoms. The summed E-state index contributed by atoms with van der Waals surface area (Å²) in [6.07, 6.45) is 5.23. The quantitative estimate of drug-likeness (QED) is 0.847. The smallest absolute Gasteiger partial charge is 0.258 e. The third-order valence-corrected chi connectivity index (χ3v) is 3.12. The van der Waals surface area contributed by atoms with E-state index < -0.39 is 0 Å². The van der Waals surface area contributed by atoms with Crippen LogP contribution in [0.1, 0.15) is 10.4 Å². The van der Waals surface area contributed by atoms with Crippen molar-refractivity contribution in [2.45, 2.75) is 4.90 Å². The summed E-state index contributed by atoms with van der Waals surface area (Å²) in [5, 5.41) is 6.85. The van der Waals surface area contributed by atoms with Gasteiger partial charge in [0.05, 0.1) is 17.4 Å². The van der Waals surface area contributed by atoms with Gasteiger partial charge in [0.15, 0.2) is 0 Å². The van der Waals surface area contributed by atoms with E-state index >= 15 is 0 Å². The zero-order chi connectivity index (χ0) is 12.3. The van der Waals surface area contributed by atoms with Gasteiger partial charge in [-0.25, -0.2) is 0 Å². The molecular formula is C12H13N3OS. The number of thioether (sulfide) groups is 1. The van der Waals surface area contributed by atoms with E-state index in [1.807, 2.05) is 30.5 Å². The Bertz CT molecular complexity index is 536. The molecule has 1 N–H and O–H groups in total. The summed E-state index contributed by atoms with van der Waals surface area (Å²) in [5.41, 5.74) is 1.39. The lowest BCUT2D eigenvalue weighted by Gasteiger charge is -2.07. The van der Waals surface area contributed by atoms with Crippen molar-refractivity contribution in [2.24, 2.45) is 7.05 Å². The van der Waals surface area contributed by atoms with Gasteiger partial charge in [-0.2, -0.15) is 5.10 Å². The molecule has 5 heteroatoms. The summed E-state index contributed by atoms with van der Waals surface area (Å²) >= 11 is 1.60. The van der Waals surface area contributed by atoms with Crippen molar-refractivity contribution in [2.75, 3.05) is 11.6 Å². The largest absolute Gasteiger partial charge is 0.321 e. The first-order chi connectivity index (χ1) is 8.20. The number of hydrogen-bond acceptors (Lipinski definition) is 3. The Morgan fingerprint density at radius 3 is 2.82 bits per heavy atom. The highest BCUT2D eigenvalue weighted by Gasteiger charge is 2.09. The van der Waals surface area contributed by atoms with Crippen LogP contribution in [0.5, 0.6) is 0 Å². The minimum absolute atomic E-state index is 0.139. The Labute approximate surface area is 104 Å². The summed E-state index contributed by atoms with van der Waals surface area (Å²) in [6.45, 7) is 0. The topological polar surface area (TPSA) is 46.9 Å². The van der Waals surface area contributed by atoms with E-state index in [4.69, 9.17) is 0 Å². The van der Waals surface area contributed by atoms with Gasteiger partial charge in [-0.05, 0) is 18.4 Å². The standard InChI is InChI=1S/C12H13N3OS/c1-15-8-9(7-13-15)12(16)14-10-5-3-4-6-11(10)17-2/h3-8H,1-2H3,(H,14,16). The normalized spacial score (nSPS) is 10.2. The van der Waals surface area contributed by atoms with E-state index in [2.05, 4.69) is 10.4 Å². The average molecular weight is 247 g/mol. The number of carbonyl (C=O) groups is 1. The first-order valence-electron chi connectivity index (χ1n) is 5.13. The molecule has 0 saturated heterocycles. The van der Waals surface area contributed by atoms with Gasteiger partial charge in [0.25, 0.3) is 5.91 Å². The second-order valence-corrected chi connectivity index (χ2v) is 4.41. The Kier molecular flexibility index (Phi) is 3.49. The SMILES string of the molecule is CSc1ccccc1NC(=O)c1cnn(C)c1. The zero-order valence-corrected chi connectivity index (χ0v) is 10.5. The maximum atomic E-state index is 11.9. The van der Waals surface area contributed by atoms with Crippen molar-refractivity contribution in [1.29, 1.82) is 0 Å². The van der Waals surface area contributed by atoms with Crippen LogP contribution in [0.25, 0.3) is 0 Å². The third kappa shape index (κ3) is 2.68. The van der Waals surface area contributed by atoms with Gasteiger partial charge in [-0.1, -0.05) is 12.1 Å². The maximum absolute atomic E-state index is 11.9. The number of aryl methyl sites for hydroxylation is 1. The van der Waals surface area contributed by atoms with Crippen LogP contribution in [0, 0.1) is 0 Å². The molecule has 88 valence electrons. The molecule has 1 amide bonds. The van der Waals surface area contributed by atoms with Crippen LogP contribution < -0.4 is 5.32 Å². The predicted octanol–water partition coefficient (Wildman–Crippen LogP) is 2.39. The van der Waals surface area contributed by atoms with Crippen LogP contribution in [0.2, 0.25) is 0 Å². The molecule has 1 aromatic carbocycles. The number of nitrogens with one attached hydrogen (secondary N) is 1. The molecule has 0 unspecified atom stereocenters. The van der Waals surface area contributed by atoms with Crippen LogP contribution in [0.15, 0.2) is 41.6 Å². The summed E-state index contributed by atoms with van der Waals surface area (Å²) in [7, 11) is 1.78. The molecule has 0 aliphatic heterocycles.